The molecule has 3 rings (SSSR count). The van der Waals surface area contributed by atoms with Gasteiger partial charge in [-0.15, -0.1) is 23.1 Å². The van der Waals surface area contributed by atoms with Gasteiger partial charge in [0.05, 0.1) is 12.1 Å². The summed E-state index contributed by atoms with van der Waals surface area (Å²) < 4.78 is 0. The van der Waals surface area contributed by atoms with Gasteiger partial charge in [0.1, 0.15) is 5.37 Å². The molecule has 25 heavy (non-hydrogen) atoms. The van der Waals surface area contributed by atoms with Gasteiger partial charge in [0.15, 0.2) is 0 Å². The number of aliphatic carboxylic acids is 1. The van der Waals surface area contributed by atoms with Gasteiger partial charge in [0.25, 0.3) is 0 Å². The molecule has 0 amide bonds. The van der Waals surface area contributed by atoms with Crippen molar-refractivity contribution in [1.29, 1.82) is 0 Å². The number of thiophene rings is 1. The van der Waals surface area contributed by atoms with Crippen molar-refractivity contribution in [2.75, 3.05) is 5.75 Å². The number of allylic oxidation sites excluding steroid dienone is 2. The van der Waals surface area contributed by atoms with Crippen molar-refractivity contribution >= 4 is 29.1 Å². The smallest absolute Gasteiger partial charge is 0.334 e. The van der Waals surface area contributed by atoms with E-state index in [4.69, 9.17) is 0 Å². The zero-order chi connectivity index (χ0) is 17.5. The lowest BCUT2D eigenvalue weighted by atomic mass is 10.2. The predicted octanol–water partition coefficient (Wildman–Crippen LogP) is 4.18. The molecule has 0 aromatic carbocycles. The first-order valence-electron chi connectivity index (χ1n) is 8.14. The number of aromatic nitrogens is 1. The quantitative estimate of drug-likeness (QED) is 0.705. The maximum Gasteiger partial charge on any atom is 0.334 e. The van der Waals surface area contributed by atoms with E-state index in [0.29, 0.717) is 5.57 Å². The van der Waals surface area contributed by atoms with E-state index in [-0.39, 0.29) is 5.37 Å². The van der Waals surface area contributed by atoms with Gasteiger partial charge in [-0.05, 0) is 53.8 Å². The van der Waals surface area contributed by atoms with Crippen molar-refractivity contribution in [3.63, 3.8) is 0 Å². The van der Waals surface area contributed by atoms with Crippen LogP contribution in [0, 0.1) is 0 Å². The van der Waals surface area contributed by atoms with Gasteiger partial charge in [-0.3, -0.25) is 4.98 Å². The van der Waals surface area contributed by atoms with Crippen LogP contribution in [0.25, 0.3) is 0 Å². The van der Waals surface area contributed by atoms with Crippen LogP contribution in [0.15, 0.2) is 66.0 Å². The van der Waals surface area contributed by atoms with Gasteiger partial charge in [0.2, 0.25) is 0 Å². The summed E-state index contributed by atoms with van der Waals surface area (Å²) in [6.45, 7) is 0.735. The molecule has 1 unspecified atom stereocenters. The van der Waals surface area contributed by atoms with Crippen molar-refractivity contribution < 1.29 is 9.90 Å². The molecule has 2 aromatic rings. The van der Waals surface area contributed by atoms with E-state index < -0.39 is 5.97 Å². The number of pyridine rings is 1. The van der Waals surface area contributed by atoms with E-state index in [2.05, 4.69) is 22.0 Å². The number of thioether (sulfide) groups is 1. The molecular formula is C19H20N2O2S2. The number of hydrogen-bond acceptors (Lipinski definition) is 5. The van der Waals surface area contributed by atoms with Crippen molar-refractivity contribution in [2.45, 2.75) is 24.8 Å². The zero-order valence-electron chi connectivity index (χ0n) is 13.7. The summed E-state index contributed by atoms with van der Waals surface area (Å²) in [5.41, 5.74) is 1.67. The fourth-order valence-corrected chi connectivity index (χ4v) is 4.64. The Kier molecular flexibility index (Phi) is 6.30. The number of nitrogens with zero attached hydrogens (tertiary/aromatic N) is 2. The van der Waals surface area contributed by atoms with E-state index in [1.165, 1.54) is 10.4 Å². The number of carboxylic acid groups (broad SMARTS) is 1. The average Bonchev–Trinajstić information content (AvgIpc) is 3.13. The topological polar surface area (TPSA) is 53.4 Å². The Morgan fingerprint density at radius 3 is 3.00 bits per heavy atom. The van der Waals surface area contributed by atoms with Crippen LogP contribution >= 0.6 is 23.1 Å². The fourth-order valence-electron chi connectivity index (χ4n) is 2.69. The standard InChI is InChI=1S/C19H20N2O2S2/c22-19(23)17-8-2-10-21(14-16-7-4-11-24-16)18(17)25-12-3-6-15-5-1-9-20-13-15/h1-2,4-5,7-11,13,18H,3,6,12,14H2,(H,22,23). The van der Waals surface area contributed by atoms with Gasteiger partial charge in [-0.25, -0.2) is 4.79 Å². The van der Waals surface area contributed by atoms with Crippen LogP contribution in [-0.2, 0) is 17.8 Å². The maximum atomic E-state index is 11.6. The number of aryl methyl sites for hydroxylation is 1. The van der Waals surface area contributed by atoms with Crippen molar-refractivity contribution in [3.05, 3.63) is 76.4 Å². The minimum Gasteiger partial charge on any atom is -0.478 e. The number of carbonyl (C=O) groups is 1. The first-order valence-corrected chi connectivity index (χ1v) is 10.1. The summed E-state index contributed by atoms with van der Waals surface area (Å²) in [4.78, 5) is 19.1. The second-order valence-electron chi connectivity index (χ2n) is 5.71. The number of hydrogen-bond donors (Lipinski definition) is 1. The largest absolute Gasteiger partial charge is 0.478 e. The molecule has 0 spiro atoms. The van der Waals surface area contributed by atoms with Crippen LogP contribution in [0.4, 0.5) is 0 Å². The highest BCUT2D eigenvalue weighted by Crippen LogP contribution is 2.30. The minimum atomic E-state index is -0.842. The Morgan fingerprint density at radius 1 is 1.36 bits per heavy atom. The minimum absolute atomic E-state index is 0.154. The van der Waals surface area contributed by atoms with Crippen LogP contribution in [0.2, 0.25) is 0 Å². The summed E-state index contributed by atoms with van der Waals surface area (Å²) in [5, 5.41) is 11.4. The number of rotatable bonds is 8. The lowest BCUT2D eigenvalue weighted by Crippen LogP contribution is -2.34. The third-order valence-electron chi connectivity index (χ3n) is 3.89. The van der Waals surface area contributed by atoms with E-state index in [1.807, 2.05) is 36.0 Å². The summed E-state index contributed by atoms with van der Waals surface area (Å²) in [7, 11) is 0. The second-order valence-corrected chi connectivity index (χ2v) is 7.93. The van der Waals surface area contributed by atoms with Crippen LogP contribution in [0.5, 0.6) is 0 Å². The summed E-state index contributed by atoms with van der Waals surface area (Å²) in [6, 6.07) is 8.13. The molecule has 130 valence electrons. The fraction of sp³-hybridized carbons (Fsp3) is 0.263. The van der Waals surface area contributed by atoms with E-state index in [0.717, 1.165) is 25.1 Å². The van der Waals surface area contributed by atoms with Crippen molar-refractivity contribution in [1.82, 2.24) is 9.88 Å². The second kappa shape index (κ2) is 8.87. The zero-order valence-corrected chi connectivity index (χ0v) is 15.4. The lowest BCUT2D eigenvalue weighted by Gasteiger charge is -2.32. The van der Waals surface area contributed by atoms with Crippen LogP contribution in [-0.4, -0.2) is 32.1 Å². The van der Waals surface area contributed by atoms with Crippen molar-refractivity contribution in [3.8, 4) is 0 Å². The van der Waals surface area contributed by atoms with Gasteiger partial charge in [0, 0.05) is 23.5 Å². The predicted molar refractivity (Wildman–Crippen MR) is 104 cm³/mol. The molecule has 1 atom stereocenters. The summed E-state index contributed by atoms with van der Waals surface area (Å²) in [5.74, 6) is 0.0594. The Labute approximate surface area is 155 Å². The SMILES string of the molecule is O=C(O)C1=CC=CN(Cc2cccs2)C1SCCCc1cccnc1. The molecule has 2 aromatic heterocycles. The monoisotopic (exact) mass is 372 g/mol. The maximum absolute atomic E-state index is 11.6. The highest BCUT2D eigenvalue weighted by atomic mass is 32.2. The van der Waals surface area contributed by atoms with Crippen LogP contribution in [0.3, 0.4) is 0 Å². The molecular weight excluding hydrogens is 352 g/mol. The molecule has 0 radical (unpaired) electrons. The lowest BCUT2D eigenvalue weighted by molar-refractivity contribution is -0.133. The Bertz CT molecular complexity index is 742. The first kappa shape index (κ1) is 17.8. The van der Waals surface area contributed by atoms with E-state index in [1.54, 1.807) is 35.4 Å². The number of carboxylic acids is 1. The van der Waals surface area contributed by atoms with E-state index >= 15 is 0 Å². The third kappa shape index (κ3) is 4.96. The summed E-state index contributed by atoms with van der Waals surface area (Å²) >= 11 is 3.39. The highest BCUT2D eigenvalue weighted by molar-refractivity contribution is 8.00. The van der Waals surface area contributed by atoms with Crippen LogP contribution in [0.1, 0.15) is 16.9 Å². The van der Waals surface area contributed by atoms with Crippen LogP contribution < -0.4 is 0 Å². The molecule has 1 N–H and O–H groups in total. The molecule has 0 aliphatic carbocycles. The van der Waals surface area contributed by atoms with Gasteiger partial charge >= 0.3 is 5.97 Å². The average molecular weight is 373 g/mol. The van der Waals surface area contributed by atoms with Crippen molar-refractivity contribution in [2.24, 2.45) is 0 Å². The molecule has 0 fully saturated rings. The van der Waals surface area contributed by atoms with Gasteiger partial charge in [-0.1, -0.05) is 12.1 Å². The Morgan fingerprint density at radius 2 is 2.28 bits per heavy atom. The molecule has 1 aliphatic heterocycles. The highest BCUT2D eigenvalue weighted by Gasteiger charge is 2.27. The molecule has 6 heteroatoms. The Balaban J connectivity index is 1.60. The normalized spacial score (nSPS) is 16.7. The molecule has 0 saturated heterocycles. The molecule has 4 nitrogen and oxygen atoms in total. The first-order chi connectivity index (χ1) is 12.2. The van der Waals surface area contributed by atoms with Gasteiger partial charge in [-0.2, -0.15) is 0 Å². The summed E-state index contributed by atoms with van der Waals surface area (Å²) in [6.07, 6.45) is 11.1. The molecule has 0 saturated carbocycles. The Hall–Kier alpha value is -2.05. The molecule has 3 heterocycles. The molecule has 0 bridgehead atoms. The third-order valence-corrected chi connectivity index (χ3v) is 6.12. The molecule has 1 aliphatic rings. The van der Waals surface area contributed by atoms with E-state index in [9.17, 15) is 9.90 Å². The van der Waals surface area contributed by atoms with Gasteiger partial charge < -0.3 is 10.0 Å².